The third-order valence-electron chi connectivity index (χ3n) is 3.58. The van der Waals surface area contributed by atoms with Gasteiger partial charge in [-0.05, 0) is 11.1 Å². The van der Waals surface area contributed by atoms with Crippen molar-refractivity contribution in [3.63, 3.8) is 0 Å². The monoisotopic (exact) mass is 334 g/mol. The quantitative estimate of drug-likeness (QED) is 0.702. The van der Waals surface area contributed by atoms with E-state index in [1.54, 1.807) is 55.6 Å². The number of aliphatic hydroxyl groups is 1. The normalized spacial score (nSPS) is 11.1. The fourth-order valence-corrected chi connectivity index (χ4v) is 2.29. The summed E-state index contributed by atoms with van der Waals surface area (Å²) in [4.78, 5) is 11.9. The number of ketones is 1. The first-order chi connectivity index (χ1) is 12.2. The molecule has 0 aromatic heterocycles. The van der Waals surface area contributed by atoms with Gasteiger partial charge < -0.3 is 9.84 Å². The van der Waals surface area contributed by atoms with Crippen molar-refractivity contribution in [1.82, 2.24) is 0 Å². The molecular weight excluding hydrogens is 312 g/mol. The Morgan fingerprint density at radius 3 is 1.84 bits per heavy atom. The highest BCUT2D eigenvalue weighted by Crippen LogP contribution is 2.17. The number of hydrogen-bond donors (Lipinski definition) is 1. The summed E-state index contributed by atoms with van der Waals surface area (Å²) in [5.74, 6) is -0.271. The van der Waals surface area contributed by atoms with Crippen molar-refractivity contribution in [2.75, 3.05) is 7.11 Å². The van der Waals surface area contributed by atoms with E-state index >= 15 is 0 Å². The number of rotatable bonds is 5. The van der Waals surface area contributed by atoms with E-state index in [0.29, 0.717) is 17.7 Å². The third-order valence-corrected chi connectivity index (χ3v) is 3.58. The third kappa shape index (κ3) is 5.99. The topological polar surface area (TPSA) is 46.5 Å². The van der Waals surface area contributed by atoms with Crippen molar-refractivity contribution in [1.29, 1.82) is 0 Å². The second-order valence-electron chi connectivity index (χ2n) is 5.46. The summed E-state index contributed by atoms with van der Waals surface area (Å²) in [5.41, 5.74) is 2.37. The van der Waals surface area contributed by atoms with Gasteiger partial charge >= 0.3 is 0 Å². The standard InChI is InChI=1S/C14H12O2.C8H10O/c15-13(11-7-3-1-4-8-11)14(16)12-9-5-2-6-10-12;1-9-7-8-5-3-2-4-6-8/h1-10,13,15H;2-6H,7H2,1H3. The zero-order valence-electron chi connectivity index (χ0n) is 14.2. The molecule has 0 fully saturated rings. The molecule has 1 N–H and O–H groups in total. The Labute approximate surface area is 148 Å². The Balaban J connectivity index is 0.000000212. The minimum absolute atomic E-state index is 0.271. The smallest absolute Gasteiger partial charge is 0.195 e. The molecule has 0 amide bonds. The highest BCUT2D eigenvalue weighted by molar-refractivity contribution is 5.99. The fraction of sp³-hybridized carbons (Fsp3) is 0.136. The van der Waals surface area contributed by atoms with Gasteiger partial charge in [0.15, 0.2) is 5.78 Å². The Bertz CT molecular complexity index is 740. The number of carbonyl (C=O) groups excluding carboxylic acids is 1. The van der Waals surface area contributed by atoms with Gasteiger partial charge in [-0.15, -0.1) is 0 Å². The fourth-order valence-electron chi connectivity index (χ4n) is 2.29. The first-order valence-corrected chi connectivity index (χ1v) is 8.07. The molecule has 0 heterocycles. The Hall–Kier alpha value is -2.75. The molecular formula is C22H22O3. The summed E-state index contributed by atoms with van der Waals surface area (Å²) in [6.07, 6.45) is -1.08. The Morgan fingerprint density at radius 1 is 0.840 bits per heavy atom. The molecule has 3 heteroatoms. The lowest BCUT2D eigenvalue weighted by atomic mass is 10.0. The van der Waals surface area contributed by atoms with Gasteiger partial charge in [0.25, 0.3) is 0 Å². The molecule has 0 spiro atoms. The summed E-state index contributed by atoms with van der Waals surface area (Å²) >= 11 is 0. The van der Waals surface area contributed by atoms with Gasteiger partial charge in [0.2, 0.25) is 0 Å². The predicted molar refractivity (Wildman–Crippen MR) is 99.3 cm³/mol. The molecule has 3 aromatic carbocycles. The van der Waals surface area contributed by atoms with Gasteiger partial charge in [0.05, 0.1) is 6.61 Å². The SMILES string of the molecule is COCc1ccccc1.O=C(c1ccccc1)C(O)c1ccccc1. The lowest BCUT2D eigenvalue weighted by molar-refractivity contribution is 0.0747. The number of hydrogen-bond acceptors (Lipinski definition) is 3. The molecule has 3 nitrogen and oxygen atoms in total. The van der Waals surface area contributed by atoms with E-state index in [-0.39, 0.29) is 5.78 Å². The first kappa shape index (κ1) is 18.6. The van der Waals surface area contributed by atoms with E-state index in [9.17, 15) is 9.90 Å². The zero-order chi connectivity index (χ0) is 17.9. The van der Waals surface area contributed by atoms with Crippen LogP contribution in [0.1, 0.15) is 27.6 Å². The summed E-state index contributed by atoms with van der Waals surface area (Å²) in [6.45, 7) is 0.709. The highest BCUT2D eigenvalue weighted by atomic mass is 16.5. The summed E-state index contributed by atoms with van der Waals surface area (Å²) in [6, 6.07) is 27.9. The van der Waals surface area contributed by atoms with Crippen LogP contribution in [0, 0.1) is 0 Å². The van der Waals surface area contributed by atoms with Gasteiger partial charge in [0.1, 0.15) is 6.10 Å². The van der Waals surface area contributed by atoms with E-state index < -0.39 is 6.10 Å². The molecule has 0 aliphatic carbocycles. The average molecular weight is 334 g/mol. The average Bonchev–Trinajstić information content (AvgIpc) is 2.70. The first-order valence-electron chi connectivity index (χ1n) is 8.07. The number of aliphatic hydroxyl groups excluding tert-OH is 1. The van der Waals surface area contributed by atoms with E-state index in [1.807, 2.05) is 42.5 Å². The maximum atomic E-state index is 11.9. The van der Waals surface area contributed by atoms with E-state index in [4.69, 9.17) is 4.74 Å². The van der Waals surface area contributed by atoms with Crippen LogP contribution in [0.5, 0.6) is 0 Å². The summed E-state index contributed by atoms with van der Waals surface area (Å²) < 4.78 is 4.93. The van der Waals surface area contributed by atoms with Crippen LogP contribution in [-0.4, -0.2) is 18.0 Å². The molecule has 128 valence electrons. The second kappa shape index (κ2) is 10.2. The Kier molecular flexibility index (Phi) is 7.57. The molecule has 0 aliphatic heterocycles. The van der Waals surface area contributed by atoms with Crippen molar-refractivity contribution in [2.45, 2.75) is 12.7 Å². The van der Waals surface area contributed by atoms with Crippen molar-refractivity contribution in [3.05, 3.63) is 108 Å². The largest absolute Gasteiger partial charge is 0.380 e. The molecule has 0 aliphatic rings. The van der Waals surface area contributed by atoms with Gasteiger partial charge in [-0.2, -0.15) is 0 Å². The number of benzene rings is 3. The van der Waals surface area contributed by atoms with Crippen LogP contribution in [0.3, 0.4) is 0 Å². The van der Waals surface area contributed by atoms with Crippen LogP contribution in [0.4, 0.5) is 0 Å². The van der Waals surface area contributed by atoms with Crippen LogP contribution < -0.4 is 0 Å². The molecule has 0 saturated heterocycles. The number of Topliss-reactive ketones (excluding diaryl/α,β-unsaturated/α-hetero) is 1. The van der Waals surface area contributed by atoms with Gasteiger partial charge in [-0.3, -0.25) is 4.79 Å². The molecule has 0 radical (unpaired) electrons. The van der Waals surface area contributed by atoms with Crippen molar-refractivity contribution >= 4 is 5.78 Å². The molecule has 0 saturated carbocycles. The predicted octanol–water partition coefficient (Wildman–Crippen LogP) is 4.44. The van der Waals surface area contributed by atoms with Gasteiger partial charge in [0, 0.05) is 12.7 Å². The Morgan fingerprint density at radius 2 is 1.32 bits per heavy atom. The van der Waals surface area contributed by atoms with Crippen LogP contribution in [0.25, 0.3) is 0 Å². The molecule has 1 atom stereocenters. The second-order valence-corrected chi connectivity index (χ2v) is 5.46. The lowest BCUT2D eigenvalue weighted by Gasteiger charge is -2.09. The minimum Gasteiger partial charge on any atom is -0.380 e. The van der Waals surface area contributed by atoms with Gasteiger partial charge in [-0.25, -0.2) is 0 Å². The molecule has 25 heavy (non-hydrogen) atoms. The molecule has 1 unspecified atom stereocenters. The molecule has 0 bridgehead atoms. The highest BCUT2D eigenvalue weighted by Gasteiger charge is 2.18. The van der Waals surface area contributed by atoms with Gasteiger partial charge in [-0.1, -0.05) is 91.0 Å². The molecule has 3 aromatic rings. The van der Waals surface area contributed by atoms with Crippen molar-refractivity contribution < 1.29 is 14.6 Å². The van der Waals surface area contributed by atoms with E-state index in [2.05, 4.69) is 0 Å². The van der Waals surface area contributed by atoms with E-state index in [0.717, 1.165) is 0 Å². The molecule has 3 rings (SSSR count). The van der Waals surface area contributed by atoms with Crippen LogP contribution in [-0.2, 0) is 11.3 Å². The summed E-state index contributed by atoms with van der Waals surface area (Å²) in [5, 5.41) is 9.89. The van der Waals surface area contributed by atoms with Crippen LogP contribution >= 0.6 is 0 Å². The number of carbonyl (C=O) groups is 1. The summed E-state index contributed by atoms with van der Waals surface area (Å²) in [7, 11) is 1.70. The van der Waals surface area contributed by atoms with Crippen LogP contribution in [0.15, 0.2) is 91.0 Å². The number of methoxy groups -OCH3 is 1. The lowest BCUT2D eigenvalue weighted by Crippen LogP contribution is -2.11. The number of ether oxygens (including phenoxy) is 1. The van der Waals surface area contributed by atoms with Crippen molar-refractivity contribution in [3.8, 4) is 0 Å². The van der Waals surface area contributed by atoms with Crippen LogP contribution in [0.2, 0.25) is 0 Å². The maximum Gasteiger partial charge on any atom is 0.195 e. The van der Waals surface area contributed by atoms with Crippen molar-refractivity contribution in [2.24, 2.45) is 0 Å². The maximum absolute atomic E-state index is 11.9. The zero-order valence-corrected chi connectivity index (χ0v) is 14.2. The van der Waals surface area contributed by atoms with E-state index in [1.165, 1.54) is 5.56 Å². The minimum atomic E-state index is -1.08.